The van der Waals surface area contributed by atoms with E-state index >= 15 is 0 Å². The number of hydrogen-bond donors (Lipinski definition) is 0. The van der Waals surface area contributed by atoms with Gasteiger partial charge >= 0.3 is 15.6 Å². The van der Waals surface area contributed by atoms with Gasteiger partial charge in [-0.2, -0.15) is 0 Å². The topological polar surface area (TPSA) is 89.5 Å². The smallest absolute Gasteiger partial charge is 0.395 e. The zero-order valence-corrected chi connectivity index (χ0v) is 28.3. The molecule has 8 nitrogen and oxygen atoms in total. The molecule has 4 aromatic rings. The third-order valence-corrected chi connectivity index (χ3v) is 9.42. The summed E-state index contributed by atoms with van der Waals surface area (Å²) in [4.78, 5) is 0. The normalized spacial score (nSPS) is 11.7. The van der Waals surface area contributed by atoms with E-state index in [4.69, 9.17) is 27.1 Å². The second kappa shape index (κ2) is 14.0. The Morgan fingerprint density at radius 2 is 0.636 bits per heavy atom. The molecule has 0 aliphatic carbocycles. The average molecular weight is 639 g/mol. The van der Waals surface area contributed by atoms with Gasteiger partial charge in [0, 0.05) is 0 Å². The third-order valence-electron chi connectivity index (χ3n) is 6.74. The molecule has 0 heterocycles. The van der Waals surface area contributed by atoms with Crippen LogP contribution in [-0.4, -0.2) is 13.2 Å². The fourth-order valence-corrected chi connectivity index (χ4v) is 7.19. The van der Waals surface area contributed by atoms with E-state index in [1.165, 1.54) is 0 Å². The molecule has 0 unspecified atom stereocenters. The molecule has 0 saturated carbocycles. The monoisotopic (exact) mass is 638 g/mol. The highest BCUT2D eigenvalue weighted by molar-refractivity contribution is 7.49. The maximum Gasteiger partial charge on any atom is 0.587 e. The maximum atomic E-state index is 14.0. The lowest BCUT2D eigenvalue weighted by Crippen LogP contribution is -2.13. The van der Waals surface area contributed by atoms with Gasteiger partial charge in [0.25, 0.3) is 0 Å². The van der Waals surface area contributed by atoms with Crippen molar-refractivity contribution < 1.29 is 36.3 Å². The molecule has 4 aromatic carbocycles. The number of phosphoric ester groups is 2. The van der Waals surface area contributed by atoms with Crippen LogP contribution < -0.4 is 18.1 Å². The van der Waals surface area contributed by atoms with Gasteiger partial charge in [0.15, 0.2) is 0 Å². The highest BCUT2D eigenvalue weighted by Crippen LogP contribution is 2.53. The molecule has 44 heavy (non-hydrogen) atoms. The Morgan fingerprint density at radius 3 is 0.841 bits per heavy atom. The average Bonchev–Trinajstić information content (AvgIpc) is 2.94. The SMILES string of the molecule is Cc1ccc(OP(=O)(OCCOP(=O)(Oc2ccc(C)cc2C)Oc2ccc(C)cc2C)Oc2ccc(C)cc2C)c(C)c1. The minimum absolute atomic E-state index is 0.302. The molecule has 234 valence electrons. The van der Waals surface area contributed by atoms with E-state index in [-0.39, 0.29) is 13.2 Å². The molecule has 0 atom stereocenters. The Bertz CT molecular complexity index is 1490. The molecule has 0 amide bonds. The van der Waals surface area contributed by atoms with Gasteiger partial charge in [-0.15, -0.1) is 0 Å². The molecule has 0 fully saturated rings. The second-order valence-electron chi connectivity index (χ2n) is 11.0. The highest BCUT2D eigenvalue weighted by atomic mass is 31.2. The fraction of sp³-hybridized carbons (Fsp3) is 0.294. The van der Waals surface area contributed by atoms with E-state index in [2.05, 4.69) is 0 Å². The van der Waals surface area contributed by atoms with E-state index in [1.54, 1.807) is 24.3 Å². The Balaban J connectivity index is 1.55. The van der Waals surface area contributed by atoms with Crippen molar-refractivity contribution in [2.24, 2.45) is 0 Å². The van der Waals surface area contributed by atoms with E-state index in [0.29, 0.717) is 23.0 Å². The largest absolute Gasteiger partial charge is 0.587 e. The van der Waals surface area contributed by atoms with Crippen molar-refractivity contribution in [2.45, 2.75) is 55.4 Å². The van der Waals surface area contributed by atoms with E-state index in [0.717, 1.165) is 44.5 Å². The van der Waals surface area contributed by atoms with Crippen molar-refractivity contribution in [3.8, 4) is 23.0 Å². The number of benzene rings is 4. The fourth-order valence-electron chi connectivity index (χ4n) is 4.53. The van der Waals surface area contributed by atoms with Gasteiger partial charge in [0.2, 0.25) is 0 Å². The quantitative estimate of drug-likeness (QED) is 0.106. The van der Waals surface area contributed by atoms with Crippen LogP contribution in [0.25, 0.3) is 0 Å². The lowest BCUT2D eigenvalue weighted by Gasteiger charge is -2.23. The predicted octanol–water partition coefficient (Wildman–Crippen LogP) is 10.0. The molecule has 0 aliphatic rings. The summed E-state index contributed by atoms with van der Waals surface area (Å²) in [6, 6.07) is 21.9. The lowest BCUT2D eigenvalue weighted by molar-refractivity contribution is 0.144. The molecule has 0 bridgehead atoms. The first-order valence-electron chi connectivity index (χ1n) is 14.3. The summed E-state index contributed by atoms with van der Waals surface area (Å²) in [7, 11) is -8.48. The lowest BCUT2D eigenvalue weighted by atomic mass is 10.1. The molecule has 0 radical (unpaired) electrons. The third kappa shape index (κ3) is 8.99. The van der Waals surface area contributed by atoms with E-state index < -0.39 is 15.6 Å². The summed E-state index contributed by atoms with van der Waals surface area (Å²) in [5.74, 6) is 1.41. The first-order chi connectivity index (χ1) is 20.7. The Kier molecular flexibility index (Phi) is 10.6. The van der Waals surface area contributed by atoms with Gasteiger partial charge in [0.05, 0.1) is 13.2 Å². The van der Waals surface area contributed by atoms with Crippen LogP contribution in [0.1, 0.15) is 44.5 Å². The minimum Gasteiger partial charge on any atom is -0.395 e. The van der Waals surface area contributed by atoms with Gasteiger partial charge in [-0.1, -0.05) is 70.8 Å². The summed E-state index contributed by atoms with van der Waals surface area (Å²) in [6.07, 6.45) is 0. The van der Waals surface area contributed by atoms with Crippen LogP contribution in [-0.2, 0) is 18.2 Å². The van der Waals surface area contributed by atoms with Crippen LogP contribution in [0.15, 0.2) is 72.8 Å². The van der Waals surface area contributed by atoms with Crippen LogP contribution in [0, 0.1) is 55.4 Å². The molecule has 0 aliphatic heterocycles. The van der Waals surface area contributed by atoms with Crippen LogP contribution in [0.5, 0.6) is 23.0 Å². The van der Waals surface area contributed by atoms with Crippen molar-refractivity contribution in [3.63, 3.8) is 0 Å². The van der Waals surface area contributed by atoms with Crippen LogP contribution in [0.4, 0.5) is 0 Å². The van der Waals surface area contributed by atoms with Gasteiger partial charge in [-0.05, 0) is 102 Å². The summed E-state index contributed by atoms with van der Waals surface area (Å²) < 4.78 is 63.1. The number of aryl methyl sites for hydroxylation is 8. The number of rotatable bonds is 13. The van der Waals surface area contributed by atoms with Gasteiger partial charge in [-0.3, -0.25) is 9.05 Å². The number of phosphoric acid groups is 2. The molecule has 0 aromatic heterocycles. The molecule has 0 spiro atoms. The van der Waals surface area contributed by atoms with Crippen molar-refractivity contribution in [3.05, 3.63) is 117 Å². The van der Waals surface area contributed by atoms with Gasteiger partial charge in [-0.25, -0.2) is 9.13 Å². The maximum absolute atomic E-state index is 14.0. The van der Waals surface area contributed by atoms with Gasteiger partial charge in [0.1, 0.15) is 23.0 Å². The Labute approximate surface area is 260 Å². The first kappa shape index (κ1) is 33.4. The van der Waals surface area contributed by atoms with Crippen LogP contribution >= 0.6 is 15.6 Å². The molecule has 0 N–H and O–H groups in total. The second-order valence-corrected chi connectivity index (χ2v) is 14.0. The molecule has 10 heteroatoms. The molecular weight excluding hydrogens is 598 g/mol. The van der Waals surface area contributed by atoms with Gasteiger partial charge < -0.3 is 18.1 Å². The van der Waals surface area contributed by atoms with Crippen molar-refractivity contribution in [1.29, 1.82) is 0 Å². The highest BCUT2D eigenvalue weighted by Gasteiger charge is 2.35. The Hall–Kier alpha value is -3.54. The number of hydrogen-bond acceptors (Lipinski definition) is 8. The summed E-state index contributed by atoms with van der Waals surface area (Å²) in [5.41, 5.74) is 7.17. The molecule has 4 rings (SSSR count). The van der Waals surface area contributed by atoms with E-state index in [1.807, 2.05) is 104 Å². The zero-order valence-electron chi connectivity index (χ0n) is 26.5. The standard InChI is InChI=1S/C34H40O8P2/c1-23-9-13-31(27(5)19-23)39-43(35,40-32-14-10-24(2)20-28(32)6)37-17-18-38-44(36,41-33-15-11-25(3)21-29(33)7)42-34-16-12-26(4)22-30(34)8/h9-16,19-22H,17-18H2,1-8H3. The van der Waals surface area contributed by atoms with Crippen molar-refractivity contribution in [1.82, 2.24) is 0 Å². The van der Waals surface area contributed by atoms with Crippen LogP contribution in [0.3, 0.4) is 0 Å². The summed E-state index contributed by atoms with van der Waals surface area (Å²) in [5, 5.41) is 0. The minimum atomic E-state index is -4.24. The van der Waals surface area contributed by atoms with Crippen LogP contribution in [0.2, 0.25) is 0 Å². The zero-order chi connectivity index (χ0) is 32.1. The van der Waals surface area contributed by atoms with E-state index in [9.17, 15) is 9.13 Å². The molecular formula is C34H40O8P2. The predicted molar refractivity (Wildman–Crippen MR) is 173 cm³/mol. The van der Waals surface area contributed by atoms with Crippen molar-refractivity contribution >= 4 is 15.6 Å². The Morgan fingerprint density at radius 1 is 0.409 bits per heavy atom. The molecule has 0 saturated heterocycles. The van der Waals surface area contributed by atoms with Crippen molar-refractivity contribution in [2.75, 3.05) is 13.2 Å². The first-order valence-corrected chi connectivity index (χ1v) is 17.2. The summed E-state index contributed by atoms with van der Waals surface area (Å²) >= 11 is 0. The summed E-state index contributed by atoms with van der Waals surface area (Å²) in [6.45, 7) is 14.6.